The highest BCUT2D eigenvalue weighted by Crippen LogP contribution is 2.36. The summed E-state index contributed by atoms with van der Waals surface area (Å²) < 4.78 is 0. The number of aromatic nitrogens is 6. The Kier molecular flexibility index (Phi) is 3.57. The van der Waals surface area contributed by atoms with Crippen molar-refractivity contribution in [1.29, 1.82) is 0 Å². The first-order valence-corrected chi connectivity index (χ1v) is 11.1. The largest absolute Gasteiger partial charge is 0.368 e. The molecule has 0 radical (unpaired) electrons. The van der Waals surface area contributed by atoms with E-state index in [1.165, 1.54) is 9.75 Å². The predicted octanol–water partition coefficient (Wildman–Crippen LogP) is 5.24. The van der Waals surface area contributed by atoms with E-state index in [-0.39, 0.29) is 0 Å². The van der Waals surface area contributed by atoms with Gasteiger partial charge in [-0.2, -0.15) is 5.10 Å². The van der Waals surface area contributed by atoms with Gasteiger partial charge in [-0.25, -0.2) is 9.97 Å². The summed E-state index contributed by atoms with van der Waals surface area (Å²) in [5.74, 6) is 0.707. The van der Waals surface area contributed by atoms with Crippen LogP contribution in [0, 0.1) is 0 Å². The molecule has 0 saturated heterocycles. The highest BCUT2D eigenvalue weighted by atomic mass is 32.1. The highest BCUT2D eigenvalue weighted by Gasteiger charge is 2.18. The van der Waals surface area contributed by atoms with Gasteiger partial charge in [-0.3, -0.25) is 10.1 Å². The van der Waals surface area contributed by atoms with Gasteiger partial charge in [-0.15, -0.1) is 11.3 Å². The van der Waals surface area contributed by atoms with Crippen LogP contribution in [0.2, 0.25) is 0 Å². The lowest BCUT2D eigenvalue weighted by Gasteiger charge is -2.19. The van der Waals surface area contributed by atoms with Crippen LogP contribution >= 0.6 is 11.3 Å². The first kappa shape index (κ1) is 17.6. The van der Waals surface area contributed by atoms with Crippen LogP contribution in [0.15, 0.2) is 61.1 Å². The monoisotopic (exact) mass is 435 g/mol. The minimum Gasteiger partial charge on any atom is -0.368 e. The van der Waals surface area contributed by atoms with Crippen molar-refractivity contribution in [3.63, 3.8) is 0 Å². The third kappa shape index (κ3) is 2.59. The molecule has 7 rings (SSSR count). The van der Waals surface area contributed by atoms with Crippen LogP contribution in [0.4, 0.5) is 5.69 Å². The molecular weight excluding hydrogens is 418 g/mol. The van der Waals surface area contributed by atoms with Gasteiger partial charge in [0.2, 0.25) is 0 Å². The van der Waals surface area contributed by atoms with E-state index in [9.17, 15) is 0 Å². The molecule has 0 fully saturated rings. The summed E-state index contributed by atoms with van der Waals surface area (Å²) in [7, 11) is 2.10. The summed E-state index contributed by atoms with van der Waals surface area (Å²) in [5, 5.41) is 8.72. The molecule has 6 heterocycles. The van der Waals surface area contributed by atoms with Crippen molar-refractivity contribution >= 4 is 39.1 Å². The van der Waals surface area contributed by atoms with Gasteiger partial charge in [0, 0.05) is 45.7 Å². The Labute approximate surface area is 186 Å². The van der Waals surface area contributed by atoms with E-state index in [0.29, 0.717) is 11.5 Å². The SMILES string of the molecule is CN1Cc2ccc(s2)-c2ccnc3nc([nH]c23)-c2n[nH]c3ccc(cc23)-c2cncc1c2. The molecule has 8 bridgehead atoms. The van der Waals surface area contributed by atoms with Crippen molar-refractivity contribution in [2.75, 3.05) is 11.9 Å². The maximum Gasteiger partial charge on any atom is 0.178 e. The number of anilines is 1. The normalized spacial score (nSPS) is 13.0. The van der Waals surface area contributed by atoms with E-state index < -0.39 is 0 Å². The fourth-order valence-corrected chi connectivity index (χ4v) is 5.42. The molecule has 32 heavy (non-hydrogen) atoms. The average molecular weight is 436 g/mol. The van der Waals surface area contributed by atoms with Gasteiger partial charge in [0.1, 0.15) is 5.69 Å². The van der Waals surface area contributed by atoms with Crippen LogP contribution in [-0.2, 0) is 6.54 Å². The highest BCUT2D eigenvalue weighted by molar-refractivity contribution is 7.15. The van der Waals surface area contributed by atoms with Crippen molar-refractivity contribution < 1.29 is 0 Å². The number of rotatable bonds is 0. The first-order valence-electron chi connectivity index (χ1n) is 10.3. The second-order valence-corrected chi connectivity index (χ2v) is 9.20. The maximum atomic E-state index is 4.78. The van der Waals surface area contributed by atoms with Crippen molar-refractivity contribution in [2.24, 2.45) is 0 Å². The molecule has 0 unspecified atom stereocenters. The Bertz CT molecular complexity index is 1640. The number of hydrogen-bond acceptors (Lipinski definition) is 6. The van der Waals surface area contributed by atoms with E-state index in [4.69, 9.17) is 4.98 Å². The molecule has 1 aromatic carbocycles. The quantitative estimate of drug-likeness (QED) is 0.341. The molecular formula is C24H17N7S. The van der Waals surface area contributed by atoms with Crippen LogP contribution in [-0.4, -0.2) is 37.2 Å². The third-order valence-electron chi connectivity index (χ3n) is 6.00. The molecule has 0 spiro atoms. The average Bonchev–Trinajstić information content (AvgIpc) is 3.55. The van der Waals surface area contributed by atoms with Gasteiger partial charge in [0.05, 0.1) is 29.5 Å². The van der Waals surface area contributed by atoms with Gasteiger partial charge in [0.15, 0.2) is 11.5 Å². The van der Waals surface area contributed by atoms with E-state index in [0.717, 1.165) is 51.0 Å². The minimum absolute atomic E-state index is 0.692. The van der Waals surface area contributed by atoms with Crippen molar-refractivity contribution in [3.05, 3.63) is 65.9 Å². The summed E-state index contributed by atoms with van der Waals surface area (Å²) in [5.41, 5.74) is 7.70. The minimum atomic E-state index is 0.692. The number of aromatic amines is 2. The van der Waals surface area contributed by atoms with Crippen LogP contribution in [0.1, 0.15) is 4.88 Å². The number of imidazole rings is 1. The summed E-state index contributed by atoms with van der Waals surface area (Å²) in [4.78, 5) is 22.0. The molecule has 0 amide bonds. The zero-order valence-electron chi connectivity index (χ0n) is 17.1. The molecule has 2 N–H and O–H groups in total. The van der Waals surface area contributed by atoms with Crippen LogP contribution in [0.25, 0.3) is 55.2 Å². The molecule has 8 heteroatoms. The number of fused-ring (bicyclic) bond motifs is 9. The zero-order chi connectivity index (χ0) is 21.2. The standard InChI is InChI=1S/C24H17N7S/c1-31-12-16-3-5-20(32-16)17-6-7-26-23-21(17)27-24(28-23)22-18-9-13(2-4-19(18)29-30-22)14-8-15(31)11-25-10-14/h2-11H,12H2,1H3,(H,29,30)(H,26,27,28). The molecule has 154 valence electrons. The maximum absolute atomic E-state index is 4.78. The van der Waals surface area contributed by atoms with Crippen molar-refractivity contribution in [1.82, 2.24) is 30.1 Å². The second-order valence-electron chi connectivity index (χ2n) is 8.03. The molecule has 7 nitrogen and oxygen atoms in total. The first-order chi connectivity index (χ1) is 15.7. The van der Waals surface area contributed by atoms with Crippen molar-refractivity contribution in [3.8, 4) is 33.1 Å². The van der Waals surface area contributed by atoms with Gasteiger partial charge in [-0.1, -0.05) is 6.07 Å². The van der Waals surface area contributed by atoms with E-state index >= 15 is 0 Å². The molecule has 1 aliphatic rings. The Morgan fingerprint density at radius 1 is 1.03 bits per heavy atom. The van der Waals surface area contributed by atoms with Gasteiger partial charge >= 0.3 is 0 Å². The van der Waals surface area contributed by atoms with E-state index in [2.05, 4.69) is 73.5 Å². The molecule has 0 saturated carbocycles. The van der Waals surface area contributed by atoms with Crippen LogP contribution < -0.4 is 4.90 Å². The lowest BCUT2D eigenvalue weighted by atomic mass is 10.0. The summed E-state index contributed by atoms with van der Waals surface area (Å²) >= 11 is 1.78. The van der Waals surface area contributed by atoms with E-state index in [1.54, 1.807) is 11.3 Å². The second kappa shape index (κ2) is 6.48. The number of benzene rings is 1. The summed E-state index contributed by atoms with van der Waals surface area (Å²) in [6.45, 7) is 0.809. The smallest absolute Gasteiger partial charge is 0.178 e. The van der Waals surface area contributed by atoms with Gasteiger partial charge in [0.25, 0.3) is 0 Å². The molecule has 5 aromatic heterocycles. The summed E-state index contributed by atoms with van der Waals surface area (Å²) in [6.07, 6.45) is 5.64. The lowest BCUT2D eigenvalue weighted by molar-refractivity contribution is 0.935. The molecule has 0 aliphatic carbocycles. The number of nitrogens with one attached hydrogen (secondary N) is 2. The van der Waals surface area contributed by atoms with Gasteiger partial charge in [-0.05, 0) is 42.0 Å². The fourth-order valence-electron chi connectivity index (χ4n) is 4.33. The topological polar surface area (TPSA) is 86.4 Å². The van der Waals surface area contributed by atoms with Gasteiger partial charge < -0.3 is 9.88 Å². The number of H-pyrrole nitrogens is 2. The third-order valence-corrected chi connectivity index (χ3v) is 7.10. The predicted molar refractivity (Wildman–Crippen MR) is 128 cm³/mol. The number of pyridine rings is 2. The molecule has 0 atom stereocenters. The lowest BCUT2D eigenvalue weighted by Crippen LogP contribution is -2.15. The Morgan fingerprint density at radius 3 is 2.97 bits per heavy atom. The van der Waals surface area contributed by atoms with Crippen LogP contribution in [0.5, 0.6) is 0 Å². The van der Waals surface area contributed by atoms with Crippen LogP contribution in [0.3, 0.4) is 0 Å². The zero-order valence-corrected chi connectivity index (χ0v) is 17.9. The summed E-state index contributed by atoms with van der Waals surface area (Å²) in [6, 6.07) is 14.9. The Morgan fingerprint density at radius 2 is 2.00 bits per heavy atom. The molecule has 1 aliphatic heterocycles. The number of nitrogens with zero attached hydrogens (tertiary/aromatic N) is 5. The number of hydrogen-bond donors (Lipinski definition) is 2. The Hall–Kier alpha value is -4.04. The number of thiophene rings is 1. The molecule has 6 aromatic rings. The van der Waals surface area contributed by atoms with Crippen molar-refractivity contribution in [2.45, 2.75) is 6.54 Å². The fraction of sp³-hybridized carbons (Fsp3) is 0.0833. The Balaban J connectivity index is 1.55. The van der Waals surface area contributed by atoms with E-state index in [1.807, 2.05) is 24.7 Å².